The second-order valence-corrected chi connectivity index (χ2v) is 6.37. The zero-order valence-electron chi connectivity index (χ0n) is 12.7. The Kier molecular flexibility index (Phi) is 4.22. The zero-order valence-corrected chi connectivity index (χ0v) is 12.7. The van der Waals surface area contributed by atoms with Crippen molar-refractivity contribution in [3.63, 3.8) is 0 Å². The summed E-state index contributed by atoms with van der Waals surface area (Å²) in [5.74, 6) is 0. The Balaban J connectivity index is 1.71. The maximum absolute atomic E-state index is 4.32. The molecule has 4 heteroatoms. The van der Waals surface area contributed by atoms with Gasteiger partial charge in [0.2, 0.25) is 0 Å². The van der Waals surface area contributed by atoms with Crippen molar-refractivity contribution in [1.29, 1.82) is 0 Å². The first-order valence-electron chi connectivity index (χ1n) is 7.81. The number of nitrogens with one attached hydrogen (secondary N) is 1. The summed E-state index contributed by atoms with van der Waals surface area (Å²) in [7, 11) is 4.38. The third kappa shape index (κ3) is 3.30. The van der Waals surface area contributed by atoms with E-state index < -0.39 is 0 Å². The van der Waals surface area contributed by atoms with Gasteiger partial charge in [-0.1, -0.05) is 0 Å². The van der Waals surface area contributed by atoms with Crippen LogP contribution in [0.4, 0.5) is 5.69 Å². The van der Waals surface area contributed by atoms with E-state index in [0.29, 0.717) is 6.04 Å². The smallest absolute Gasteiger partial charge is 0.0443 e. The number of piperidine rings is 1. The topological polar surface area (TPSA) is 31.4 Å². The van der Waals surface area contributed by atoms with Gasteiger partial charge in [0.25, 0.3) is 0 Å². The largest absolute Gasteiger partial charge is 0.370 e. The van der Waals surface area contributed by atoms with Gasteiger partial charge in [-0.05, 0) is 45.8 Å². The van der Waals surface area contributed by atoms with Crippen molar-refractivity contribution in [2.45, 2.75) is 44.3 Å². The quantitative estimate of drug-likeness (QED) is 0.888. The molecule has 1 saturated heterocycles. The molecule has 3 rings (SSSR count). The van der Waals surface area contributed by atoms with E-state index in [9.17, 15) is 0 Å². The Hall–Kier alpha value is -1.13. The molecular weight excluding hydrogens is 248 g/mol. The van der Waals surface area contributed by atoms with E-state index in [0.717, 1.165) is 19.1 Å². The van der Waals surface area contributed by atoms with Crippen LogP contribution in [0.1, 0.15) is 31.2 Å². The molecule has 1 aromatic heterocycles. The second kappa shape index (κ2) is 6.10. The Morgan fingerprint density at radius 3 is 2.95 bits per heavy atom. The van der Waals surface area contributed by atoms with Gasteiger partial charge >= 0.3 is 0 Å². The number of likely N-dealkylation sites (N-methyl/N-ethyl adjacent to an activating group) is 1. The van der Waals surface area contributed by atoms with Crippen LogP contribution >= 0.6 is 0 Å². The fraction of sp³-hybridized carbons (Fsp3) is 0.688. The van der Waals surface area contributed by atoms with Gasteiger partial charge in [0.15, 0.2) is 0 Å². The summed E-state index contributed by atoms with van der Waals surface area (Å²) in [5, 5.41) is 3.61. The molecule has 1 saturated carbocycles. The predicted molar refractivity (Wildman–Crippen MR) is 83.0 cm³/mol. The van der Waals surface area contributed by atoms with Gasteiger partial charge in [-0.15, -0.1) is 0 Å². The van der Waals surface area contributed by atoms with Crippen LogP contribution in [0, 0.1) is 0 Å². The van der Waals surface area contributed by atoms with Crippen molar-refractivity contribution < 1.29 is 0 Å². The summed E-state index contributed by atoms with van der Waals surface area (Å²) in [6.45, 7) is 3.26. The highest BCUT2D eigenvalue weighted by Gasteiger charge is 2.24. The molecule has 1 N–H and O–H groups in total. The van der Waals surface area contributed by atoms with Gasteiger partial charge < -0.3 is 15.1 Å². The first kappa shape index (κ1) is 13.8. The van der Waals surface area contributed by atoms with E-state index >= 15 is 0 Å². The van der Waals surface area contributed by atoms with Crippen molar-refractivity contribution in [3.05, 3.63) is 24.0 Å². The van der Waals surface area contributed by atoms with Crippen molar-refractivity contribution in [2.24, 2.45) is 0 Å². The van der Waals surface area contributed by atoms with Gasteiger partial charge in [-0.25, -0.2) is 0 Å². The predicted octanol–water partition coefficient (Wildman–Crippen LogP) is 1.86. The maximum Gasteiger partial charge on any atom is 0.0443 e. The fourth-order valence-corrected chi connectivity index (χ4v) is 3.00. The number of nitrogens with zero attached hydrogens (tertiary/aromatic N) is 3. The van der Waals surface area contributed by atoms with Crippen LogP contribution in [0.25, 0.3) is 0 Å². The molecule has 0 spiro atoms. The summed E-state index contributed by atoms with van der Waals surface area (Å²) in [6, 6.07) is 3.60. The van der Waals surface area contributed by atoms with Gasteiger partial charge in [0.1, 0.15) is 0 Å². The van der Waals surface area contributed by atoms with Crippen LogP contribution in [-0.2, 0) is 6.54 Å². The average Bonchev–Trinajstić information content (AvgIpc) is 3.30. The lowest BCUT2D eigenvalue weighted by molar-refractivity contribution is 0.258. The van der Waals surface area contributed by atoms with E-state index in [1.165, 1.54) is 43.5 Å². The molecule has 2 aliphatic rings. The molecule has 4 nitrogen and oxygen atoms in total. The van der Waals surface area contributed by atoms with Crippen molar-refractivity contribution in [1.82, 2.24) is 15.2 Å². The molecule has 20 heavy (non-hydrogen) atoms. The van der Waals surface area contributed by atoms with E-state index in [1.54, 1.807) is 0 Å². The molecule has 1 aliphatic heterocycles. The third-order valence-corrected chi connectivity index (χ3v) is 4.50. The monoisotopic (exact) mass is 274 g/mol. The van der Waals surface area contributed by atoms with Crippen LogP contribution < -0.4 is 10.2 Å². The summed E-state index contributed by atoms with van der Waals surface area (Å²) >= 11 is 0. The molecular formula is C16H26N4. The summed E-state index contributed by atoms with van der Waals surface area (Å²) < 4.78 is 0. The van der Waals surface area contributed by atoms with Crippen LogP contribution in [0.3, 0.4) is 0 Å². The number of aromatic nitrogens is 1. The Labute approximate surface area is 122 Å². The molecule has 0 amide bonds. The van der Waals surface area contributed by atoms with Gasteiger partial charge in [0, 0.05) is 55.4 Å². The first-order chi connectivity index (χ1) is 9.74. The van der Waals surface area contributed by atoms with Crippen molar-refractivity contribution >= 4 is 5.69 Å². The van der Waals surface area contributed by atoms with E-state index in [4.69, 9.17) is 0 Å². The third-order valence-electron chi connectivity index (χ3n) is 4.50. The summed E-state index contributed by atoms with van der Waals surface area (Å²) in [4.78, 5) is 9.21. The lowest BCUT2D eigenvalue weighted by Gasteiger charge is -2.38. The average molecular weight is 274 g/mol. The normalized spacial score (nSPS) is 23.4. The lowest BCUT2D eigenvalue weighted by atomic mass is 10.0. The summed E-state index contributed by atoms with van der Waals surface area (Å²) in [5.41, 5.74) is 2.72. The number of hydrogen-bond acceptors (Lipinski definition) is 4. The van der Waals surface area contributed by atoms with E-state index in [-0.39, 0.29) is 0 Å². The van der Waals surface area contributed by atoms with Gasteiger partial charge in [-0.3, -0.25) is 4.98 Å². The minimum Gasteiger partial charge on any atom is -0.370 e. The zero-order chi connectivity index (χ0) is 13.9. The van der Waals surface area contributed by atoms with Gasteiger partial charge in [-0.2, -0.15) is 0 Å². The minimum absolute atomic E-state index is 0.668. The second-order valence-electron chi connectivity index (χ2n) is 6.37. The SMILES string of the molecule is CN(C)C1CCCN(c2ccncc2CNC2CC2)C1. The molecule has 0 aromatic carbocycles. The molecule has 0 bridgehead atoms. The van der Waals surface area contributed by atoms with E-state index in [1.807, 2.05) is 12.4 Å². The van der Waals surface area contributed by atoms with Crippen molar-refractivity contribution in [3.8, 4) is 0 Å². The number of anilines is 1. The molecule has 110 valence electrons. The van der Waals surface area contributed by atoms with Gasteiger partial charge in [0.05, 0.1) is 0 Å². The van der Waals surface area contributed by atoms with E-state index in [2.05, 4.69) is 40.3 Å². The maximum atomic E-state index is 4.32. The Bertz CT molecular complexity index is 442. The molecule has 1 aliphatic carbocycles. The molecule has 0 radical (unpaired) electrons. The fourth-order valence-electron chi connectivity index (χ4n) is 3.00. The van der Waals surface area contributed by atoms with Crippen LogP contribution in [0.2, 0.25) is 0 Å². The molecule has 1 unspecified atom stereocenters. The first-order valence-corrected chi connectivity index (χ1v) is 7.81. The number of hydrogen-bond donors (Lipinski definition) is 1. The standard InChI is InChI=1S/C16H26N4/c1-19(2)15-4-3-9-20(12-15)16-7-8-17-10-13(16)11-18-14-5-6-14/h7-8,10,14-15,18H,3-6,9,11-12H2,1-2H3. The highest BCUT2D eigenvalue weighted by molar-refractivity contribution is 5.52. The molecule has 1 aromatic rings. The molecule has 1 atom stereocenters. The number of pyridine rings is 1. The summed E-state index contributed by atoms with van der Waals surface area (Å²) in [6.07, 6.45) is 9.22. The van der Waals surface area contributed by atoms with Crippen LogP contribution in [-0.4, -0.2) is 49.2 Å². The number of rotatable bonds is 5. The van der Waals surface area contributed by atoms with Crippen LogP contribution in [0.15, 0.2) is 18.5 Å². The Morgan fingerprint density at radius 1 is 1.35 bits per heavy atom. The lowest BCUT2D eigenvalue weighted by Crippen LogP contribution is -2.45. The highest BCUT2D eigenvalue weighted by atomic mass is 15.2. The van der Waals surface area contributed by atoms with Crippen molar-refractivity contribution in [2.75, 3.05) is 32.1 Å². The molecule has 2 fully saturated rings. The minimum atomic E-state index is 0.668. The Morgan fingerprint density at radius 2 is 2.20 bits per heavy atom. The highest BCUT2D eigenvalue weighted by Crippen LogP contribution is 2.26. The molecule has 2 heterocycles. The van der Waals surface area contributed by atoms with Crippen LogP contribution in [0.5, 0.6) is 0 Å².